The normalized spacial score (nSPS) is 36.6. The van der Waals surface area contributed by atoms with Crippen molar-refractivity contribution in [3.8, 4) is 0 Å². The minimum Gasteiger partial charge on any atom is -0.380 e. The molecule has 0 aromatic heterocycles. The smallest absolute Gasteiger partial charge is 0.0622 e. The lowest BCUT2D eigenvalue weighted by molar-refractivity contribution is 0.0955. The predicted molar refractivity (Wildman–Crippen MR) is 61.8 cm³/mol. The molecule has 3 unspecified atom stereocenters. The molecule has 0 aromatic carbocycles. The minimum atomic E-state index is 0.659. The van der Waals surface area contributed by atoms with E-state index in [0.29, 0.717) is 6.04 Å². The SMILES string of the molecule is CCN(C1CCOC1)C1CCCC1CN. The lowest BCUT2D eigenvalue weighted by Gasteiger charge is -2.35. The first-order valence-corrected chi connectivity index (χ1v) is 6.40. The van der Waals surface area contributed by atoms with Crippen LogP contribution in [0.4, 0.5) is 0 Å². The third-order valence-electron chi connectivity index (χ3n) is 4.09. The van der Waals surface area contributed by atoms with Gasteiger partial charge >= 0.3 is 0 Å². The molecule has 3 nitrogen and oxygen atoms in total. The molecule has 0 aromatic rings. The number of hydrogen-bond donors (Lipinski definition) is 1. The Hall–Kier alpha value is -0.120. The minimum absolute atomic E-state index is 0.659. The Labute approximate surface area is 93.0 Å². The fourth-order valence-corrected chi connectivity index (χ4v) is 3.28. The molecule has 0 spiro atoms. The van der Waals surface area contributed by atoms with E-state index in [0.717, 1.165) is 38.3 Å². The van der Waals surface area contributed by atoms with E-state index in [4.69, 9.17) is 10.5 Å². The van der Waals surface area contributed by atoms with Crippen molar-refractivity contribution in [1.82, 2.24) is 4.90 Å². The maximum Gasteiger partial charge on any atom is 0.0622 e. The maximum atomic E-state index is 5.86. The van der Waals surface area contributed by atoms with Crippen molar-refractivity contribution >= 4 is 0 Å². The summed E-state index contributed by atoms with van der Waals surface area (Å²) in [4.78, 5) is 2.65. The van der Waals surface area contributed by atoms with Crippen LogP contribution in [0.25, 0.3) is 0 Å². The Balaban J connectivity index is 1.98. The van der Waals surface area contributed by atoms with Gasteiger partial charge in [0.25, 0.3) is 0 Å². The van der Waals surface area contributed by atoms with E-state index in [1.165, 1.54) is 25.7 Å². The largest absolute Gasteiger partial charge is 0.380 e. The Morgan fingerprint density at radius 3 is 2.80 bits per heavy atom. The molecule has 15 heavy (non-hydrogen) atoms. The van der Waals surface area contributed by atoms with Crippen molar-refractivity contribution in [1.29, 1.82) is 0 Å². The van der Waals surface area contributed by atoms with Gasteiger partial charge in [-0.3, -0.25) is 4.90 Å². The number of likely N-dealkylation sites (N-methyl/N-ethyl adjacent to an activating group) is 1. The van der Waals surface area contributed by atoms with Gasteiger partial charge in [0.15, 0.2) is 0 Å². The zero-order valence-corrected chi connectivity index (χ0v) is 9.82. The molecule has 0 radical (unpaired) electrons. The van der Waals surface area contributed by atoms with Crippen LogP contribution >= 0.6 is 0 Å². The van der Waals surface area contributed by atoms with Crippen LogP contribution in [0.3, 0.4) is 0 Å². The molecule has 2 rings (SSSR count). The Kier molecular flexibility index (Phi) is 4.00. The lowest BCUT2D eigenvalue weighted by Crippen LogP contribution is -2.46. The quantitative estimate of drug-likeness (QED) is 0.761. The van der Waals surface area contributed by atoms with Gasteiger partial charge in [-0.05, 0) is 38.3 Å². The van der Waals surface area contributed by atoms with Crippen molar-refractivity contribution in [2.75, 3.05) is 26.3 Å². The van der Waals surface area contributed by atoms with Gasteiger partial charge in [0.05, 0.1) is 6.61 Å². The highest BCUT2D eigenvalue weighted by Crippen LogP contribution is 2.31. The highest BCUT2D eigenvalue weighted by Gasteiger charge is 2.35. The van der Waals surface area contributed by atoms with Crippen LogP contribution in [0.5, 0.6) is 0 Å². The van der Waals surface area contributed by atoms with Crippen molar-refractivity contribution in [2.45, 2.75) is 44.7 Å². The molecule has 1 saturated carbocycles. The van der Waals surface area contributed by atoms with E-state index in [1.54, 1.807) is 0 Å². The predicted octanol–water partition coefficient (Wildman–Crippen LogP) is 1.22. The summed E-state index contributed by atoms with van der Waals surface area (Å²) in [6.45, 7) is 6.15. The summed E-state index contributed by atoms with van der Waals surface area (Å²) in [5.41, 5.74) is 5.86. The topological polar surface area (TPSA) is 38.5 Å². The summed E-state index contributed by atoms with van der Waals surface area (Å²) in [7, 11) is 0. The molecule has 2 N–H and O–H groups in total. The summed E-state index contributed by atoms with van der Waals surface area (Å²) in [6.07, 6.45) is 5.23. The highest BCUT2D eigenvalue weighted by atomic mass is 16.5. The molecule has 1 saturated heterocycles. The van der Waals surface area contributed by atoms with E-state index in [9.17, 15) is 0 Å². The Bertz CT molecular complexity index is 192. The second-order valence-corrected chi connectivity index (χ2v) is 4.84. The molecule has 0 amide bonds. The molecule has 2 fully saturated rings. The van der Waals surface area contributed by atoms with Gasteiger partial charge in [-0.1, -0.05) is 13.3 Å². The van der Waals surface area contributed by atoms with E-state index in [1.807, 2.05) is 0 Å². The van der Waals surface area contributed by atoms with E-state index >= 15 is 0 Å². The standard InChI is InChI=1S/C12H24N2O/c1-2-14(11-6-7-15-9-11)12-5-3-4-10(12)8-13/h10-12H,2-9,13H2,1H3. The third-order valence-corrected chi connectivity index (χ3v) is 4.09. The zero-order valence-electron chi connectivity index (χ0n) is 9.82. The molecule has 0 bridgehead atoms. The van der Waals surface area contributed by atoms with Crippen LogP contribution in [-0.4, -0.2) is 43.3 Å². The van der Waals surface area contributed by atoms with Gasteiger partial charge < -0.3 is 10.5 Å². The molecule has 88 valence electrons. The number of hydrogen-bond acceptors (Lipinski definition) is 3. The molecular formula is C12H24N2O. The van der Waals surface area contributed by atoms with Gasteiger partial charge in [0.1, 0.15) is 0 Å². The molecule has 1 aliphatic carbocycles. The Morgan fingerprint density at radius 1 is 1.33 bits per heavy atom. The van der Waals surface area contributed by atoms with E-state index < -0.39 is 0 Å². The summed E-state index contributed by atoms with van der Waals surface area (Å²) < 4.78 is 5.50. The van der Waals surface area contributed by atoms with Crippen LogP contribution in [0.1, 0.15) is 32.6 Å². The highest BCUT2D eigenvalue weighted by molar-refractivity contribution is 4.89. The van der Waals surface area contributed by atoms with E-state index in [2.05, 4.69) is 11.8 Å². The van der Waals surface area contributed by atoms with Crippen LogP contribution in [-0.2, 0) is 4.74 Å². The summed E-state index contributed by atoms with van der Waals surface area (Å²) in [6, 6.07) is 1.39. The molecule has 2 aliphatic rings. The van der Waals surface area contributed by atoms with Crippen LogP contribution in [0, 0.1) is 5.92 Å². The first-order chi connectivity index (χ1) is 7.36. The fraction of sp³-hybridized carbons (Fsp3) is 1.00. The van der Waals surface area contributed by atoms with Gasteiger partial charge in [-0.15, -0.1) is 0 Å². The van der Waals surface area contributed by atoms with Gasteiger partial charge in [-0.25, -0.2) is 0 Å². The number of nitrogens with two attached hydrogens (primary N) is 1. The monoisotopic (exact) mass is 212 g/mol. The first kappa shape index (κ1) is 11.4. The first-order valence-electron chi connectivity index (χ1n) is 6.40. The lowest BCUT2D eigenvalue weighted by atomic mass is 10.00. The van der Waals surface area contributed by atoms with Crippen molar-refractivity contribution < 1.29 is 4.74 Å². The molecule has 1 heterocycles. The van der Waals surface area contributed by atoms with Crippen molar-refractivity contribution in [3.63, 3.8) is 0 Å². The summed E-state index contributed by atoms with van der Waals surface area (Å²) >= 11 is 0. The maximum absolute atomic E-state index is 5.86. The summed E-state index contributed by atoms with van der Waals surface area (Å²) in [5.74, 6) is 0.727. The number of ether oxygens (including phenoxy) is 1. The summed E-state index contributed by atoms with van der Waals surface area (Å²) in [5, 5.41) is 0. The fourth-order valence-electron chi connectivity index (χ4n) is 3.28. The van der Waals surface area contributed by atoms with E-state index in [-0.39, 0.29) is 0 Å². The second kappa shape index (κ2) is 5.28. The zero-order chi connectivity index (χ0) is 10.7. The average Bonchev–Trinajstić information content (AvgIpc) is 2.89. The number of rotatable bonds is 4. The average molecular weight is 212 g/mol. The number of nitrogens with zero attached hydrogens (tertiary/aromatic N) is 1. The molecular weight excluding hydrogens is 188 g/mol. The van der Waals surface area contributed by atoms with Gasteiger partial charge in [-0.2, -0.15) is 0 Å². The van der Waals surface area contributed by atoms with Gasteiger partial charge in [0.2, 0.25) is 0 Å². The molecule has 3 heteroatoms. The van der Waals surface area contributed by atoms with Crippen molar-refractivity contribution in [2.24, 2.45) is 11.7 Å². The van der Waals surface area contributed by atoms with Crippen LogP contribution < -0.4 is 5.73 Å². The molecule has 1 aliphatic heterocycles. The van der Waals surface area contributed by atoms with Gasteiger partial charge in [0, 0.05) is 18.7 Å². The Morgan fingerprint density at radius 2 is 2.20 bits per heavy atom. The third kappa shape index (κ3) is 2.35. The van der Waals surface area contributed by atoms with Crippen LogP contribution in [0.15, 0.2) is 0 Å². The van der Waals surface area contributed by atoms with Crippen LogP contribution in [0.2, 0.25) is 0 Å². The van der Waals surface area contributed by atoms with Crippen molar-refractivity contribution in [3.05, 3.63) is 0 Å². The molecule has 3 atom stereocenters. The second-order valence-electron chi connectivity index (χ2n) is 4.84.